The van der Waals surface area contributed by atoms with Gasteiger partial charge in [-0.2, -0.15) is 5.10 Å². The van der Waals surface area contributed by atoms with E-state index in [0.717, 1.165) is 28.4 Å². The molecule has 3 heterocycles. The topological polar surface area (TPSA) is 71.4 Å². The fourth-order valence-corrected chi connectivity index (χ4v) is 3.01. The van der Waals surface area contributed by atoms with Crippen molar-refractivity contribution in [2.75, 3.05) is 5.32 Å². The first-order valence-corrected chi connectivity index (χ1v) is 8.64. The highest BCUT2D eigenvalue weighted by atomic mass is 19.1. The molecule has 0 atom stereocenters. The molecule has 0 unspecified atom stereocenters. The molecule has 0 spiro atoms. The third-order valence-corrected chi connectivity index (χ3v) is 4.63. The molecule has 0 radical (unpaired) electrons. The van der Waals surface area contributed by atoms with E-state index in [1.807, 2.05) is 16.7 Å². The van der Waals surface area contributed by atoms with E-state index in [4.69, 9.17) is 0 Å². The van der Waals surface area contributed by atoms with Crippen molar-refractivity contribution >= 4 is 17.0 Å². The second-order valence-corrected chi connectivity index (χ2v) is 6.59. The molecule has 7 heteroatoms. The number of nitrogens with zero attached hydrogens (tertiary/aromatic N) is 4. The predicted molar refractivity (Wildman–Crippen MR) is 96.7 cm³/mol. The van der Waals surface area contributed by atoms with Crippen molar-refractivity contribution in [3.8, 4) is 5.82 Å². The van der Waals surface area contributed by atoms with Gasteiger partial charge in [-0.05, 0) is 42.7 Å². The van der Waals surface area contributed by atoms with Crippen molar-refractivity contribution in [2.24, 2.45) is 0 Å². The van der Waals surface area contributed by atoms with Crippen molar-refractivity contribution in [1.29, 1.82) is 0 Å². The summed E-state index contributed by atoms with van der Waals surface area (Å²) in [5.74, 6) is 1.92. The standard InChI is InChI=1S/C19H17FN6/c20-14-5-1-12(2-6-14)10-21-17-8-7-15-19(23-17)26(11-22-15)18-9-16(24-25-18)13-3-4-13/h1-2,5-9,11,13H,3-4,10H2,(H,21,23)(H,24,25). The monoisotopic (exact) mass is 348 g/mol. The molecule has 2 N–H and O–H groups in total. The van der Waals surface area contributed by atoms with Gasteiger partial charge < -0.3 is 5.32 Å². The highest BCUT2D eigenvalue weighted by Gasteiger charge is 2.26. The molecular formula is C19H17FN6. The van der Waals surface area contributed by atoms with Gasteiger partial charge in [0.25, 0.3) is 0 Å². The summed E-state index contributed by atoms with van der Waals surface area (Å²) in [4.78, 5) is 9.09. The number of pyridine rings is 1. The number of rotatable bonds is 5. The van der Waals surface area contributed by atoms with Gasteiger partial charge >= 0.3 is 0 Å². The molecule has 5 rings (SSSR count). The molecule has 130 valence electrons. The lowest BCUT2D eigenvalue weighted by atomic mass is 10.2. The molecule has 1 aliphatic rings. The van der Waals surface area contributed by atoms with Crippen LogP contribution >= 0.6 is 0 Å². The maximum absolute atomic E-state index is 13.0. The molecule has 0 amide bonds. The molecule has 6 nitrogen and oxygen atoms in total. The van der Waals surface area contributed by atoms with Crippen LogP contribution in [0.15, 0.2) is 48.8 Å². The summed E-state index contributed by atoms with van der Waals surface area (Å²) in [7, 11) is 0. The number of anilines is 1. The van der Waals surface area contributed by atoms with Gasteiger partial charge in [-0.3, -0.25) is 9.67 Å². The zero-order valence-corrected chi connectivity index (χ0v) is 14.0. The molecule has 0 saturated heterocycles. The second-order valence-electron chi connectivity index (χ2n) is 6.59. The minimum atomic E-state index is -0.234. The van der Waals surface area contributed by atoms with Crippen LogP contribution in [0.25, 0.3) is 17.0 Å². The molecule has 26 heavy (non-hydrogen) atoms. The Morgan fingerprint density at radius 3 is 2.81 bits per heavy atom. The summed E-state index contributed by atoms with van der Waals surface area (Å²) in [6.45, 7) is 0.571. The smallest absolute Gasteiger partial charge is 0.168 e. The minimum Gasteiger partial charge on any atom is -0.366 e. The van der Waals surface area contributed by atoms with Crippen molar-refractivity contribution < 1.29 is 4.39 Å². The van der Waals surface area contributed by atoms with E-state index in [-0.39, 0.29) is 5.82 Å². The van der Waals surface area contributed by atoms with Crippen molar-refractivity contribution in [2.45, 2.75) is 25.3 Å². The van der Waals surface area contributed by atoms with Gasteiger partial charge in [0, 0.05) is 24.2 Å². The van der Waals surface area contributed by atoms with Gasteiger partial charge in [0.1, 0.15) is 23.5 Å². The Bertz CT molecular complexity index is 1060. The third-order valence-electron chi connectivity index (χ3n) is 4.63. The summed E-state index contributed by atoms with van der Waals surface area (Å²) >= 11 is 0. The number of H-pyrrole nitrogens is 1. The van der Waals surface area contributed by atoms with Crippen LogP contribution in [0.3, 0.4) is 0 Å². The van der Waals surface area contributed by atoms with Gasteiger partial charge in [0.05, 0.1) is 0 Å². The number of nitrogens with one attached hydrogen (secondary N) is 2. The molecule has 1 aromatic carbocycles. The maximum Gasteiger partial charge on any atom is 0.168 e. The van der Waals surface area contributed by atoms with Crippen molar-refractivity contribution in [3.05, 3.63) is 65.9 Å². The average Bonchev–Trinajstić information content (AvgIpc) is 3.25. The number of aromatic amines is 1. The van der Waals surface area contributed by atoms with Crippen LogP contribution in [0.5, 0.6) is 0 Å². The van der Waals surface area contributed by atoms with Gasteiger partial charge in [-0.25, -0.2) is 14.4 Å². The van der Waals surface area contributed by atoms with E-state index in [9.17, 15) is 4.39 Å². The lowest BCUT2D eigenvalue weighted by molar-refractivity contribution is 0.627. The van der Waals surface area contributed by atoms with Gasteiger partial charge in [0.2, 0.25) is 0 Å². The third kappa shape index (κ3) is 2.81. The number of imidazole rings is 1. The summed E-state index contributed by atoms with van der Waals surface area (Å²) in [6, 6.07) is 12.3. The Morgan fingerprint density at radius 2 is 2.00 bits per heavy atom. The van der Waals surface area contributed by atoms with E-state index in [2.05, 4.69) is 31.5 Å². The highest BCUT2D eigenvalue weighted by molar-refractivity contribution is 5.74. The molecule has 0 bridgehead atoms. The quantitative estimate of drug-likeness (QED) is 0.576. The fourth-order valence-electron chi connectivity index (χ4n) is 3.01. The van der Waals surface area contributed by atoms with Gasteiger partial charge in [-0.1, -0.05) is 12.1 Å². The first-order chi connectivity index (χ1) is 12.8. The Balaban J connectivity index is 1.41. The van der Waals surface area contributed by atoms with E-state index >= 15 is 0 Å². The number of benzene rings is 1. The zero-order valence-electron chi connectivity index (χ0n) is 14.0. The molecular weight excluding hydrogens is 331 g/mol. The number of fused-ring (bicyclic) bond motifs is 1. The van der Waals surface area contributed by atoms with Crippen LogP contribution in [0, 0.1) is 5.82 Å². The summed E-state index contributed by atoms with van der Waals surface area (Å²) in [5.41, 5.74) is 3.73. The summed E-state index contributed by atoms with van der Waals surface area (Å²) in [5, 5.41) is 10.8. The molecule has 1 fully saturated rings. The van der Waals surface area contributed by atoms with Gasteiger partial charge in [0.15, 0.2) is 11.5 Å². The Kier molecular flexibility index (Phi) is 3.44. The first kappa shape index (κ1) is 15.1. The lowest BCUT2D eigenvalue weighted by Gasteiger charge is -2.06. The van der Waals surface area contributed by atoms with Gasteiger partial charge in [-0.15, -0.1) is 0 Å². The van der Waals surface area contributed by atoms with Crippen LogP contribution in [0.4, 0.5) is 10.2 Å². The van der Waals surface area contributed by atoms with Crippen LogP contribution in [0.1, 0.15) is 30.0 Å². The van der Waals surface area contributed by atoms with E-state index in [0.29, 0.717) is 12.5 Å². The SMILES string of the molecule is Fc1ccc(CNc2ccc3ncn(-c4cc(C5CC5)[nH]n4)c3n2)cc1. The highest BCUT2D eigenvalue weighted by Crippen LogP contribution is 2.39. The fraction of sp³-hybridized carbons (Fsp3) is 0.211. The maximum atomic E-state index is 13.0. The van der Waals surface area contributed by atoms with E-state index < -0.39 is 0 Å². The summed E-state index contributed by atoms with van der Waals surface area (Å²) < 4.78 is 14.9. The summed E-state index contributed by atoms with van der Waals surface area (Å²) in [6.07, 6.45) is 4.19. The Labute approximate surface area is 149 Å². The van der Waals surface area contributed by atoms with Crippen molar-refractivity contribution in [1.82, 2.24) is 24.7 Å². The average molecular weight is 348 g/mol. The van der Waals surface area contributed by atoms with Crippen LogP contribution in [0.2, 0.25) is 0 Å². The minimum absolute atomic E-state index is 0.234. The molecule has 3 aromatic heterocycles. The number of aromatic nitrogens is 5. The molecule has 1 saturated carbocycles. The van der Waals surface area contributed by atoms with E-state index in [1.165, 1.54) is 30.7 Å². The lowest BCUT2D eigenvalue weighted by Crippen LogP contribution is -2.02. The van der Waals surface area contributed by atoms with Crippen molar-refractivity contribution in [3.63, 3.8) is 0 Å². The molecule has 0 aliphatic heterocycles. The number of hydrogen-bond acceptors (Lipinski definition) is 4. The van der Waals surface area contributed by atoms with Crippen LogP contribution in [-0.2, 0) is 6.54 Å². The van der Waals surface area contributed by atoms with Crippen LogP contribution in [-0.4, -0.2) is 24.7 Å². The molecule has 1 aliphatic carbocycles. The zero-order chi connectivity index (χ0) is 17.5. The van der Waals surface area contributed by atoms with Crippen LogP contribution < -0.4 is 5.32 Å². The van der Waals surface area contributed by atoms with E-state index in [1.54, 1.807) is 18.5 Å². The Hall–Kier alpha value is -3.22. The second kappa shape index (κ2) is 5.94. The Morgan fingerprint density at radius 1 is 1.15 bits per heavy atom. The first-order valence-electron chi connectivity index (χ1n) is 8.64. The number of hydrogen-bond donors (Lipinski definition) is 2. The molecule has 4 aromatic rings. The number of halogens is 1. The normalized spacial score (nSPS) is 14.0. The predicted octanol–water partition coefficient (Wildman–Crippen LogP) is 3.77. The largest absolute Gasteiger partial charge is 0.366 e.